The number of amides is 1. The number of rotatable bonds is 5. The maximum atomic E-state index is 12.5. The van der Waals surface area contributed by atoms with Crippen LogP contribution in [0.3, 0.4) is 0 Å². The topological polar surface area (TPSA) is 45.5 Å². The maximum absolute atomic E-state index is 12.5. The van der Waals surface area contributed by atoms with E-state index in [0.717, 1.165) is 15.8 Å². The Labute approximate surface area is 143 Å². The Bertz CT molecular complexity index is 811. The highest BCUT2D eigenvalue weighted by Crippen LogP contribution is 2.35. The van der Waals surface area contributed by atoms with Gasteiger partial charge in [0.1, 0.15) is 10.6 Å². The van der Waals surface area contributed by atoms with E-state index in [1.165, 1.54) is 11.3 Å². The predicted molar refractivity (Wildman–Crippen MR) is 94.3 cm³/mol. The molecule has 3 rings (SSSR count). The summed E-state index contributed by atoms with van der Waals surface area (Å²) < 4.78 is 6.46. The highest BCUT2D eigenvalue weighted by molar-refractivity contribution is 7.21. The van der Waals surface area contributed by atoms with Crippen molar-refractivity contribution in [2.24, 2.45) is 0 Å². The normalized spacial score (nSPS) is 12.7. The first kappa shape index (κ1) is 16.1. The van der Waals surface area contributed by atoms with Crippen molar-refractivity contribution in [3.05, 3.63) is 58.3 Å². The highest BCUT2D eigenvalue weighted by Gasteiger charge is 2.21. The number of nitrogens with zero attached hydrogens (tertiary/aromatic N) is 1. The fourth-order valence-electron chi connectivity index (χ4n) is 2.45. The van der Waals surface area contributed by atoms with Crippen LogP contribution in [0.5, 0.6) is 0 Å². The van der Waals surface area contributed by atoms with Crippen LogP contribution in [0, 0.1) is 0 Å². The van der Waals surface area contributed by atoms with Gasteiger partial charge in [0, 0.05) is 16.6 Å². The number of hydrogen-bond donors (Lipinski definition) is 1. The van der Waals surface area contributed by atoms with Gasteiger partial charge in [0.05, 0.1) is 17.3 Å². The van der Waals surface area contributed by atoms with Crippen LogP contribution in [0.25, 0.3) is 10.1 Å². The molecule has 23 heavy (non-hydrogen) atoms. The van der Waals surface area contributed by atoms with Gasteiger partial charge < -0.3 is 9.73 Å². The monoisotopic (exact) mass is 348 g/mol. The minimum absolute atomic E-state index is 0.0258. The van der Waals surface area contributed by atoms with Gasteiger partial charge >= 0.3 is 0 Å². The number of halogens is 1. The lowest BCUT2D eigenvalue weighted by molar-refractivity contribution is 0.0943. The molecule has 0 spiro atoms. The Balaban J connectivity index is 1.76. The van der Waals surface area contributed by atoms with Crippen LogP contribution in [-0.4, -0.2) is 31.4 Å². The third-order valence-corrected chi connectivity index (χ3v) is 5.37. The van der Waals surface area contributed by atoms with E-state index in [0.29, 0.717) is 16.4 Å². The quantitative estimate of drug-likeness (QED) is 0.752. The maximum Gasteiger partial charge on any atom is 0.263 e. The SMILES string of the molecule is CN(C)[C@@H](CNC(=O)c1sc2ccccc2c1Cl)c1ccco1. The Morgan fingerprint density at radius 1 is 1.30 bits per heavy atom. The summed E-state index contributed by atoms with van der Waals surface area (Å²) in [6.07, 6.45) is 1.64. The van der Waals surface area contributed by atoms with E-state index in [2.05, 4.69) is 5.32 Å². The summed E-state index contributed by atoms with van der Waals surface area (Å²) in [5, 5.41) is 4.39. The van der Waals surface area contributed by atoms with Gasteiger partial charge in [0.25, 0.3) is 5.91 Å². The van der Waals surface area contributed by atoms with Gasteiger partial charge in [-0.15, -0.1) is 11.3 Å². The van der Waals surface area contributed by atoms with E-state index in [-0.39, 0.29) is 11.9 Å². The molecule has 0 bridgehead atoms. The number of carbonyl (C=O) groups is 1. The zero-order valence-corrected chi connectivity index (χ0v) is 14.4. The van der Waals surface area contributed by atoms with Gasteiger partial charge in [0.2, 0.25) is 0 Å². The number of benzene rings is 1. The fraction of sp³-hybridized carbons (Fsp3) is 0.235. The molecule has 6 heteroatoms. The molecule has 4 nitrogen and oxygen atoms in total. The summed E-state index contributed by atoms with van der Waals surface area (Å²) in [4.78, 5) is 15.0. The minimum atomic E-state index is -0.158. The summed E-state index contributed by atoms with van der Waals surface area (Å²) >= 11 is 7.76. The van der Waals surface area contributed by atoms with Crippen molar-refractivity contribution in [2.75, 3.05) is 20.6 Å². The van der Waals surface area contributed by atoms with Crippen molar-refractivity contribution in [2.45, 2.75) is 6.04 Å². The molecule has 1 atom stereocenters. The lowest BCUT2D eigenvalue weighted by Gasteiger charge is -2.22. The Morgan fingerprint density at radius 3 is 2.74 bits per heavy atom. The van der Waals surface area contributed by atoms with Crippen LogP contribution >= 0.6 is 22.9 Å². The van der Waals surface area contributed by atoms with Crippen LogP contribution in [0.4, 0.5) is 0 Å². The molecule has 0 aliphatic carbocycles. The smallest absolute Gasteiger partial charge is 0.263 e. The van der Waals surface area contributed by atoms with E-state index in [1.807, 2.05) is 55.4 Å². The Hall–Kier alpha value is -1.82. The molecular weight excluding hydrogens is 332 g/mol. The molecule has 1 aromatic carbocycles. The molecule has 0 unspecified atom stereocenters. The van der Waals surface area contributed by atoms with Crippen molar-refractivity contribution < 1.29 is 9.21 Å². The number of furan rings is 1. The van der Waals surface area contributed by atoms with Gasteiger partial charge in [-0.2, -0.15) is 0 Å². The second-order valence-corrected chi connectivity index (χ2v) is 6.88. The molecule has 1 amide bonds. The second kappa shape index (κ2) is 6.74. The van der Waals surface area contributed by atoms with E-state index in [1.54, 1.807) is 6.26 Å². The lowest BCUT2D eigenvalue weighted by atomic mass is 10.2. The van der Waals surface area contributed by atoms with Gasteiger partial charge in [-0.05, 0) is 32.3 Å². The fourth-order valence-corrected chi connectivity index (χ4v) is 3.88. The van der Waals surface area contributed by atoms with Crippen LogP contribution in [-0.2, 0) is 0 Å². The third-order valence-electron chi connectivity index (χ3n) is 3.69. The summed E-state index contributed by atoms with van der Waals surface area (Å²) in [6.45, 7) is 0.448. The summed E-state index contributed by atoms with van der Waals surface area (Å²) in [7, 11) is 3.90. The standard InChI is InChI=1S/C17H17ClN2O2S/c1-20(2)12(13-7-5-9-22-13)10-19-17(21)16-15(18)11-6-3-4-8-14(11)23-16/h3-9,12H,10H2,1-2H3,(H,19,21)/t12-/m0/s1. The van der Waals surface area contributed by atoms with Crippen molar-refractivity contribution in [3.8, 4) is 0 Å². The molecule has 1 N–H and O–H groups in total. The largest absolute Gasteiger partial charge is 0.468 e. The van der Waals surface area contributed by atoms with Crippen LogP contribution in [0.2, 0.25) is 5.02 Å². The third kappa shape index (κ3) is 3.27. The number of hydrogen-bond acceptors (Lipinski definition) is 4. The Kier molecular flexibility index (Phi) is 4.71. The minimum Gasteiger partial charge on any atom is -0.468 e. The van der Waals surface area contributed by atoms with Crippen LogP contribution in [0.1, 0.15) is 21.5 Å². The van der Waals surface area contributed by atoms with E-state index < -0.39 is 0 Å². The van der Waals surface area contributed by atoms with Crippen molar-refractivity contribution in [1.82, 2.24) is 10.2 Å². The number of carbonyl (C=O) groups excluding carboxylic acids is 1. The zero-order chi connectivity index (χ0) is 16.4. The second-order valence-electron chi connectivity index (χ2n) is 5.45. The number of thiophene rings is 1. The van der Waals surface area contributed by atoms with Gasteiger partial charge in [0.15, 0.2) is 0 Å². The van der Waals surface area contributed by atoms with Gasteiger partial charge in [-0.1, -0.05) is 29.8 Å². The van der Waals surface area contributed by atoms with Crippen molar-refractivity contribution in [1.29, 1.82) is 0 Å². The van der Waals surface area contributed by atoms with E-state index in [4.69, 9.17) is 16.0 Å². The summed E-state index contributed by atoms with van der Waals surface area (Å²) in [5.41, 5.74) is 0. The highest BCUT2D eigenvalue weighted by atomic mass is 35.5. The molecule has 0 fully saturated rings. The lowest BCUT2D eigenvalue weighted by Crippen LogP contribution is -2.34. The Morgan fingerprint density at radius 2 is 2.09 bits per heavy atom. The van der Waals surface area contributed by atoms with Crippen LogP contribution in [0.15, 0.2) is 47.1 Å². The van der Waals surface area contributed by atoms with Gasteiger partial charge in [-0.3, -0.25) is 9.69 Å². The van der Waals surface area contributed by atoms with E-state index >= 15 is 0 Å². The van der Waals surface area contributed by atoms with Gasteiger partial charge in [-0.25, -0.2) is 0 Å². The number of nitrogens with one attached hydrogen (secondary N) is 1. The predicted octanol–water partition coefficient (Wildman–Crippen LogP) is 4.18. The molecule has 0 aliphatic heterocycles. The molecule has 3 aromatic rings. The molecule has 0 aliphatic rings. The average Bonchev–Trinajstić information content (AvgIpc) is 3.16. The molecule has 2 heterocycles. The zero-order valence-electron chi connectivity index (χ0n) is 12.9. The molecule has 0 radical (unpaired) electrons. The summed E-state index contributed by atoms with van der Waals surface area (Å²) in [6, 6.07) is 11.5. The molecule has 0 saturated heterocycles. The molecule has 2 aromatic heterocycles. The first-order chi connectivity index (χ1) is 11.1. The van der Waals surface area contributed by atoms with Crippen LogP contribution < -0.4 is 5.32 Å². The molecular formula is C17H17ClN2O2S. The summed E-state index contributed by atoms with van der Waals surface area (Å²) in [5.74, 6) is 0.660. The van der Waals surface area contributed by atoms with Crippen molar-refractivity contribution >= 4 is 38.9 Å². The van der Waals surface area contributed by atoms with E-state index in [9.17, 15) is 4.79 Å². The number of fused-ring (bicyclic) bond motifs is 1. The average molecular weight is 349 g/mol. The molecule has 0 saturated carbocycles. The first-order valence-electron chi connectivity index (χ1n) is 7.23. The first-order valence-corrected chi connectivity index (χ1v) is 8.42. The molecule has 120 valence electrons. The van der Waals surface area contributed by atoms with Crippen molar-refractivity contribution in [3.63, 3.8) is 0 Å². The number of likely N-dealkylation sites (N-methyl/N-ethyl adjacent to an activating group) is 1.